The Hall–Kier alpha value is -0.520. The van der Waals surface area contributed by atoms with Gasteiger partial charge in [0.25, 0.3) is 0 Å². The highest BCUT2D eigenvalue weighted by molar-refractivity contribution is 4.98. The first-order valence-electron chi connectivity index (χ1n) is 6.69. The fourth-order valence-electron chi connectivity index (χ4n) is 3.04. The molecule has 0 aromatic carbocycles. The fourth-order valence-corrected chi connectivity index (χ4v) is 3.04. The van der Waals surface area contributed by atoms with Gasteiger partial charge in [-0.2, -0.15) is 0 Å². The number of rotatable bonds is 3. The van der Waals surface area contributed by atoms with Gasteiger partial charge < -0.3 is 0 Å². The van der Waals surface area contributed by atoms with E-state index in [1.54, 1.807) is 0 Å². The van der Waals surface area contributed by atoms with Crippen molar-refractivity contribution in [3.8, 4) is 0 Å². The monoisotopic (exact) mass is 204 g/mol. The molecule has 15 heavy (non-hydrogen) atoms. The highest BCUT2D eigenvalue weighted by Crippen LogP contribution is 2.32. The largest absolute Gasteiger partial charge is 0.0883 e. The Labute approximate surface area is 94.5 Å². The van der Waals surface area contributed by atoms with Crippen LogP contribution < -0.4 is 0 Å². The summed E-state index contributed by atoms with van der Waals surface area (Å²) >= 11 is 0. The van der Waals surface area contributed by atoms with Crippen molar-refractivity contribution in [2.45, 2.75) is 51.9 Å². The van der Waals surface area contributed by atoms with E-state index in [2.05, 4.69) is 31.2 Å². The van der Waals surface area contributed by atoms with Crippen LogP contribution >= 0.6 is 0 Å². The average molecular weight is 204 g/mol. The van der Waals surface area contributed by atoms with Gasteiger partial charge in [0.1, 0.15) is 0 Å². The zero-order chi connectivity index (χ0) is 10.5. The molecule has 0 aromatic rings. The van der Waals surface area contributed by atoms with Crippen molar-refractivity contribution in [3.05, 3.63) is 24.3 Å². The van der Waals surface area contributed by atoms with Crippen molar-refractivity contribution in [1.82, 2.24) is 0 Å². The number of hydrogen-bond donors (Lipinski definition) is 0. The topological polar surface area (TPSA) is 0 Å². The van der Waals surface area contributed by atoms with Crippen molar-refractivity contribution in [2.75, 3.05) is 0 Å². The van der Waals surface area contributed by atoms with Gasteiger partial charge in [0.15, 0.2) is 0 Å². The van der Waals surface area contributed by atoms with Crippen LogP contribution in [0.25, 0.3) is 0 Å². The first kappa shape index (κ1) is 11.0. The van der Waals surface area contributed by atoms with Crippen molar-refractivity contribution in [1.29, 1.82) is 0 Å². The first-order valence-corrected chi connectivity index (χ1v) is 6.69. The van der Waals surface area contributed by atoms with Gasteiger partial charge in [0.2, 0.25) is 0 Å². The molecule has 0 heteroatoms. The van der Waals surface area contributed by atoms with Gasteiger partial charge in [-0.1, -0.05) is 31.2 Å². The number of allylic oxidation sites excluding steroid dienone is 4. The van der Waals surface area contributed by atoms with Crippen LogP contribution in [0.4, 0.5) is 0 Å². The van der Waals surface area contributed by atoms with E-state index in [0.29, 0.717) is 0 Å². The van der Waals surface area contributed by atoms with Gasteiger partial charge in [-0.3, -0.25) is 0 Å². The molecule has 0 radical (unpaired) electrons. The summed E-state index contributed by atoms with van der Waals surface area (Å²) in [7, 11) is 0. The summed E-state index contributed by atoms with van der Waals surface area (Å²) in [5, 5.41) is 0. The molecule has 0 saturated heterocycles. The molecule has 0 N–H and O–H groups in total. The highest BCUT2D eigenvalue weighted by Gasteiger charge is 2.20. The van der Waals surface area contributed by atoms with E-state index in [4.69, 9.17) is 0 Å². The highest BCUT2D eigenvalue weighted by atomic mass is 14.2. The lowest BCUT2D eigenvalue weighted by molar-refractivity contribution is 0.316. The van der Waals surface area contributed by atoms with Crippen molar-refractivity contribution >= 4 is 0 Å². The maximum atomic E-state index is 2.47. The maximum Gasteiger partial charge on any atom is -0.0207 e. The lowest BCUT2D eigenvalue weighted by Gasteiger charge is -2.27. The molecular weight excluding hydrogens is 180 g/mol. The van der Waals surface area contributed by atoms with E-state index < -0.39 is 0 Å². The van der Waals surface area contributed by atoms with Crippen molar-refractivity contribution in [2.24, 2.45) is 17.8 Å². The fraction of sp³-hybridized carbons (Fsp3) is 0.733. The summed E-state index contributed by atoms with van der Waals surface area (Å²) in [4.78, 5) is 0. The van der Waals surface area contributed by atoms with Crippen molar-refractivity contribution < 1.29 is 0 Å². The van der Waals surface area contributed by atoms with Crippen LogP contribution in [-0.4, -0.2) is 0 Å². The minimum atomic E-state index is 0.870. The number of hydrogen-bond acceptors (Lipinski definition) is 0. The summed E-state index contributed by atoms with van der Waals surface area (Å²) in [6.07, 6.45) is 19.4. The lowest BCUT2D eigenvalue weighted by Crippen LogP contribution is -2.15. The second-order valence-electron chi connectivity index (χ2n) is 5.36. The van der Waals surface area contributed by atoms with Gasteiger partial charge in [0.05, 0.1) is 0 Å². The van der Waals surface area contributed by atoms with E-state index in [1.807, 2.05) is 0 Å². The van der Waals surface area contributed by atoms with Crippen LogP contribution in [0, 0.1) is 17.8 Å². The third-order valence-corrected chi connectivity index (χ3v) is 4.05. The second-order valence-corrected chi connectivity index (χ2v) is 5.36. The third-order valence-electron chi connectivity index (χ3n) is 4.05. The molecule has 3 unspecified atom stereocenters. The second kappa shape index (κ2) is 5.53. The lowest BCUT2D eigenvalue weighted by atomic mass is 9.78. The molecule has 0 fully saturated rings. The average Bonchev–Trinajstić information content (AvgIpc) is 2.31. The molecule has 2 rings (SSSR count). The molecule has 3 atom stereocenters. The molecule has 0 saturated carbocycles. The van der Waals surface area contributed by atoms with Gasteiger partial charge in [0, 0.05) is 0 Å². The Bertz CT molecular complexity index is 236. The predicted molar refractivity (Wildman–Crippen MR) is 66.7 cm³/mol. The molecule has 0 amide bonds. The molecule has 84 valence electrons. The Balaban J connectivity index is 1.82. The summed E-state index contributed by atoms with van der Waals surface area (Å²) < 4.78 is 0. The summed E-state index contributed by atoms with van der Waals surface area (Å²) in [6.45, 7) is 2.45. The third kappa shape index (κ3) is 3.22. The van der Waals surface area contributed by atoms with E-state index in [1.165, 1.54) is 44.9 Å². The zero-order valence-electron chi connectivity index (χ0n) is 9.99. The Morgan fingerprint density at radius 2 is 1.80 bits per heavy atom. The Morgan fingerprint density at radius 1 is 1.07 bits per heavy atom. The molecule has 2 aliphatic carbocycles. The van der Waals surface area contributed by atoms with Crippen LogP contribution in [0.1, 0.15) is 51.9 Å². The van der Waals surface area contributed by atoms with E-state index >= 15 is 0 Å². The SMILES string of the molecule is CC(CC1C=CCCC1)C1C=CCCC1. The molecular formula is C15H24. The van der Waals surface area contributed by atoms with Crippen LogP contribution in [0.3, 0.4) is 0 Å². The minimum Gasteiger partial charge on any atom is -0.0883 e. The maximum absolute atomic E-state index is 2.47. The van der Waals surface area contributed by atoms with Gasteiger partial charge >= 0.3 is 0 Å². The molecule has 0 nitrogen and oxygen atoms in total. The van der Waals surface area contributed by atoms with Crippen LogP contribution in [-0.2, 0) is 0 Å². The molecule has 0 spiro atoms. The van der Waals surface area contributed by atoms with Crippen LogP contribution in [0.15, 0.2) is 24.3 Å². The Morgan fingerprint density at radius 3 is 2.40 bits per heavy atom. The molecule has 0 bridgehead atoms. The minimum absolute atomic E-state index is 0.870. The summed E-state index contributed by atoms with van der Waals surface area (Å²) in [5.74, 6) is 2.63. The quantitative estimate of drug-likeness (QED) is 0.583. The summed E-state index contributed by atoms with van der Waals surface area (Å²) in [6, 6.07) is 0. The van der Waals surface area contributed by atoms with Gasteiger partial charge in [-0.25, -0.2) is 0 Å². The van der Waals surface area contributed by atoms with E-state index in [9.17, 15) is 0 Å². The van der Waals surface area contributed by atoms with E-state index in [-0.39, 0.29) is 0 Å². The van der Waals surface area contributed by atoms with Crippen molar-refractivity contribution in [3.63, 3.8) is 0 Å². The normalized spacial score (nSPS) is 32.9. The predicted octanol–water partition coefficient (Wildman–Crippen LogP) is 4.73. The summed E-state index contributed by atoms with van der Waals surface area (Å²) in [5.41, 5.74) is 0. The molecule has 0 aromatic heterocycles. The first-order chi connectivity index (χ1) is 7.36. The van der Waals surface area contributed by atoms with Gasteiger partial charge in [-0.05, 0) is 62.7 Å². The molecule has 0 heterocycles. The van der Waals surface area contributed by atoms with Gasteiger partial charge in [-0.15, -0.1) is 0 Å². The standard InChI is InChI=1S/C15H24/c1-13(15-10-6-3-7-11-15)12-14-8-4-2-5-9-14/h4,6,8,10,13-15H,2-3,5,7,9,11-12H2,1H3. The Kier molecular flexibility index (Phi) is 4.05. The molecule has 0 aliphatic heterocycles. The zero-order valence-corrected chi connectivity index (χ0v) is 9.99. The van der Waals surface area contributed by atoms with Crippen LogP contribution in [0.5, 0.6) is 0 Å². The smallest absolute Gasteiger partial charge is 0.0207 e. The van der Waals surface area contributed by atoms with Crippen LogP contribution in [0.2, 0.25) is 0 Å². The molecule has 2 aliphatic rings. The van der Waals surface area contributed by atoms with E-state index in [0.717, 1.165) is 17.8 Å².